The number of pyridine rings is 1. The standard InChI is InChI=1S/C21H25N3O3/c1-15-13-16(2)19(27-3)17(14-15)20(25)23-9-6-10-24(12-11-23)21(26)18-7-4-5-8-22-18/h4-5,7-8,13-14H,6,9-12H2,1-3H3. The maximum Gasteiger partial charge on any atom is 0.272 e. The second-order valence-corrected chi connectivity index (χ2v) is 6.82. The molecule has 2 amide bonds. The molecule has 1 aromatic heterocycles. The highest BCUT2D eigenvalue weighted by molar-refractivity contribution is 5.98. The molecule has 1 aromatic carbocycles. The van der Waals surface area contributed by atoms with E-state index in [4.69, 9.17) is 4.74 Å². The molecule has 2 aromatic rings. The molecule has 0 spiro atoms. The second-order valence-electron chi connectivity index (χ2n) is 6.82. The Morgan fingerprint density at radius 2 is 1.70 bits per heavy atom. The van der Waals surface area contributed by atoms with E-state index in [1.54, 1.807) is 36.4 Å². The molecule has 0 atom stereocenters. The van der Waals surface area contributed by atoms with E-state index in [0.29, 0.717) is 43.2 Å². The number of carbonyl (C=O) groups excluding carboxylic acids is 2. The van der Waals surface area contributed by atoms with E-state index in [2.05, 4.69) is 4.98 Å². The largest absolute Gasteiger partial charge is 0.496 e. The minimum atomic E-state index is -0.0890. The van der Waals surface area contributed by atoms with Crippen LogP contribution >= 0.6 is 0 Å². The van der Waals surface area contributed by atoms with E-state index < -0.39 is 0 Å². The highest BCUT2D eigenvalue weighted by Gasteiger charge is 2.26. The van der Waals surface area contributed by atoms with Crippen LogP contribution in [0.1, 0.15) is 38.4 Å². The number of amides is 2. The van der Waals surface area contributed by atoms with Crippen molar-refractivity contribution in [2.45, 2.75) is 20.3 Å². The second kappa shape index (κ2) is 8.20. The van der Waals surface area contributed by atoms with Crippen molar-refractivity contribution in [3.05, 3.63) is 58.9 Å². The predicted octanol–water partition coefficient (Wildman–Crippen LogP) is 2.70. The monoisotopic (exact) mass is 367 g/mol. The van der Waals surface area contributed by atoms with Crippen molar-refractivity contribution in [2.75, 3.05) is 33.3 Å². The number of ether oxygens (including phenoxy) is 1. The van der Waals surface area contributed by atoms with Crippen LogP contribution in [0, 0.1) is 13.8 Å². The SMILES string of the molecule is COc1c(C)cc(C)cc1C(=O)N1CCCN(C(=O)c2ccccn2)CC1. The molecule has 27 heavy (non-hydrogen) atoms. The molecule has 1 fully saturated rings. The van der Waals surface area contributed by atoms with E-state index in [1.165, 1.54) is 0 Å². The summed E-state index contributed by atoms with van der Waals surface area (Å²) in [6.45, 7) is 6.13. The molecule has 3 rings (SSSR count). The van der Waals surface area contributed by atoms with Crippen molar-refractivity contribution in [1.82, 2.24) is 14.8 Å². The third-order valence-electron chi connectivity index (χ3n) is 4.81. The van der Waals surface area contributed by atoms with E-state index in [1.807, 2.05) is 30.9 Å². The Hall–Kier alpha value is -2.89. The average molecular weight is 367 g/mol. The molecule has 1 aliphatic heterocycles. The third-order valence-corrected chi connectivity index (χ3v) is 4.81. The van der Waals surface area contributed by atoms with Crippen LogP contribution in [0.5, 0.6) is 5.75 Å². The van der Waals surface area contributed by atoms with Crippen LogP contribution in [-0.2, 0) is 0 Å². The average Bonchev–Trinajstić information content (AvgIpc) is 2.93. The van der Waals surface area contributed by atoms with Crippen LogP contribution in [0.25, 0.3) is 0 Å². The fourth-order valence-corrected chi connectivity index (χ4v) is 3.53. The van der Waals surface area contributed by atoms with Crippen molar-refractivity contribution in [3.8, 4) is 5.75 Å². The van der Waals surface area contributed by atoms with Gasteiger partial charge in [-0.2, -0.15) is 0 Å². The molecular weight excluding hydrogens is 342 g/mol. The van der Waals surface area contributed by atoms with Gasteiger partial charge in [-0.3, -0.25) is 14.6 Å². The number of carbonyl (C=O) groups is 2. The Morgan fingerprint density at radius 3 is 2.33 bits per heavy atom. The van der Waals surface area contributed by atoms with Crippen molar-refractivity contribution >= 4 is 11.8 Å². The van der Waals surface area contributed by atoms with Crippen molar-refractivity contribution in [1.29, 1.82) is 0 Å². The lowest BCUT2D eigenvalue weighted by Crippen LogP contribution is -2.37. The number of benzene rings is 1. The van der Waals surface area contributed by atoms with Crippen LogP contribution < -0.4 is 4.74 Å². The summed E-state index contributed by atoms with van der Waals surface area (Å²) in [5.41, 5.74) is 2.99. The third kappa shape index (κ3) is 4.10. The highest BCUT2D eigenvalue weighted by atomic mass is 16.5. The van der Waals surface area contributed by atoms with Gasteiger partial charge < -0.3 is 14.5 Å². The summed E-state index contributed by atoms with van der Waals surface area (Å²) in [6.07, 6.45) is 2.35. The topological polar surface area (TPSA) is 62.7 Å². The van der Waals surface area contributed by atoms with Crippen LogP contribution in [0.2, 0.25) is 0 Å². The quantitative estimate of drug-likeness (QED) is 0.837. The van der Waals surface area contributed by atoms with Gasteiger partial charge in [0.25, 0.3) is 11.8 Å². The normalized spacial score (nSPS) is 14.6. The molecule has 0 saturated carbocycles. The number of aromatic nitrogens is 1. The smallest absolute Gasteiger partial charge is 0.272 e. The van der Waals surface area contributed by atoms with Crippen molar-refractivity contribution < 1.29 is 14.3 Å². The Labute approximate surface area is 159 Å². The van der Waals surface area contributed by atoms with Crippen LogP contribution in [0.3, 0.4) is 0 Å². The molecule has 142 valence electrons. The zero-order chi connectivity index (χ0) is 19.4. The lowest BCUT2D eigenvalue weighted by atomic mass is 10.0. The molecule has 0 aliphatic carbocycles. The Bertz CT molecular complexity index is 836. The zero-order valence-corrected chi connectivity index (χ0v) is 16.1. The van der Waals surface area contributed by atoms with Crippen LogP contribution in [0.15, 0.2) is 36.5 Å². The zero-order valence-electron chi connectivity index (χ0n) is 16.1. The van der Waals surface area contributed by atoms with Gasteiger partial charge in [-0.15, -0.1) is 0 Å². The van der Waals surface area contributed by atoms with Gasteiger partial charge in [-0.1, -0.05) is 12.1 Å². The Balaban J connectivity index is 1.75. The Morgan fingerprint density at radius 1 is 1.00 bits per heavy atom. The van der Waals surface area contributed by atoms with Gasteiger partial charge in [0, 0.05) is 32.4 Å². The molecule has 6 nitrogen and oxygen atoms in total. The summed E-state index contributed by atoms with van der Waals surface area (Å²) >= 11 is 0. The molecule has 0 radical (unpaired) electrons. The first-order valence-corrected chi connectivity index (χ1v) is 9.16. The van der Waals surface area contributed by atoms with Gasteiger partial charge in [0.2, 0.25) is 0 Å². The van der Waals surface area contributed by atoms with Crippen LogP contribution in [0.4, 0.5) is 0 Å². The summed E-state index contributed by atoms with van der Waals surface area (Å²) in [5.74, 6) is 0.482. The highest BCUT2D eigenvalue weighted by Crippen LogP contribution is 2.26. The lowest BCUT2D eigenvalue weighted by molar-refractivity contribution is 0.0714. The Kier molecular flexibility index (Phi) is 5.74. The first-order chi connectivity index (χ1) is 13.0. The van der Waals surface area contributed by atoms with Gasteiger partial charge in [0.05, 0.1) is 12.7 Å². The number of aryl methyl sites for hydroxylation is 2. The number of nitrogens with zero attached hydrogens (tertiary/aromatic N) is 3. The molecule has 1 saturated heterocycles. The predicted molar refractivity (Wildman–Crippen MR) is 103 cm³/mol. The maximum absolute atomic E-state index is 13.1. The fourth-order valence-electron chi connectivity index (χ4n) is 3.53. The van der Waals surface area contributed by atoms with Gasteiger partial charge in [0.1, 0.15) is 11.4 Å². The number of hydrogen-bond acceptors (Lipinski definition) is 4. The lowest BCUT2D eigenvalue weighted by Gasteiger charge is -2.23. The molecule has 0 N–H and O–H groups in total. The van der Waals surface area contributed by atoms with E-state index >= 15 is 0 Å². The first kappa shape index (κ1) is 18.9. The van der Waals surface area contributed by atoms with E-state index in [-0.39, 0.29) is 11.8 Å². The van der Waals surface area contributed by atoms with Crippen molar-refractivity contribution in [3.63, 3.8) is 0 Å². The minimum absolute atomic E-state index is 0.0502. The number of rotatable bonds is 3. The molecule has 2 heterocycles. The summed E-state index contributed by atoms with van der Waals surface area (Å²) in [7, 11) is 1.59. The summed E-state index contributed by atoms with van der Waals surface area (Å²) in [4.78, 5) is 33.5. The van der Waals surface area contributed by atoms with Gasteiger partial charge in [0.15, 0.2) is 0 Å². The summed E-state index contributed by atoms with van der Waals surface area (Å²) in [5, 5.41) is 0. The maximum atomic E-state index is 13.1. The number of hydrogen-bond donors (Lipinski definition) is 0. The summed E-state index contributed by atoms with van der Waals surface area (Å²) < 4.78 is 5.47. The van der Waals surface area contributed by atoms with Crippen molar-refractivity contribution in [2.24, 2.45) is 0 Å². The minimum Gasteiger partial charge on any atom is -0.496 e. The van der Waals surface area contributed by atoms with Gasteiger partial charge in [-0.25, -0.2) is 0 Å². The van der Waals surface area contributed by atoms with E-state index in [0.717, 1.165) is 17.5 Å². The van der Waals surface area contributed by atoms with Crippen LogP contribution in [-0.4, -0.2) is 59.9 Å². The fraction of sp³-hybridized carbons (Fsp3) is 0.381. The molecule has 6 heteroatoms. The molecule has 1 aliphatic rings. The first-order valence-electron chi connectivity index (χ1n) is 9.16. The number of methoxy groups -OCH3 is 1. The molecule has 0 bridgehead atoms. The van der Waals surface area contributed by atoms with E-state index in [9.17, 15) is 9.59 Å². The van der Waals surface area contributed by atoms with Gasteiger partial charge in [-0.05, 0) is 49.6 Å². The summed E-state index contributed by atoms with van der Waals surface area (Å²) in [6, 6.07) is 9.19. The molecule has 0 unspecified atom stereocenters. The van der Waals surface area contributed by atoms with Gasteiger partial charge >= 0.3 is 0 Å². The molecular formula is C21H25N3O3.